The van der Waals surface area contributed by atoms with Crippen molar-refractivity contribution in [2.24, 2.45) is 21.2 Å². The fraction of sp³-hybridized carbons (Fsp3) is 0.444. The second-order valence-corrected chi connectivity index (χ2v) is 9.90. The molecule has 0 fully saturated rings. The van der Waals surface area contributed by atoms with Crippen LogP contribution in [0.4, 0.5) is 30.2 Å². The van der Waals surface area contributed by atoms with Crippen LogP contribution in [0.5, 0.6) is 0 Å². The van der Waals surface area contributed by atoms with Gasteiger partial charge in [-0.15, -0.1) is 10.2 Å². The van der Waals surface area contributed by atoms with E-state index in [0.29, 0.717) is 30.4 Å². The number of hydrazone groups is 1. The average Bonchev–Trinajstić information content (AvgIpc) is 2.70. The van der Waals surface area contributed by atoms with Crippen LogP contribution in [0.15, 0.2) is 38.9 Å². The van der Waals surface area contributed by atoms with Gasteiger partial charge in [0.05, 0.1) is 16.7 Å². The Morgan fingerprint density at radius 2 is 2.03 bits per heavy atom. The monoisotopic (exact) mass is 508 g/mol. The Morgan fingerprint density at radius 1 is 1.36 bits per heavy atom. The summed E-state index contributed by atoms with van der Waals surface area (Å²) >= 11 is 0.635. The Morgan fingerprint density at radius 3 is 2.61 bits per heavy atom. The number of ether oxygens (including phenoxy) is 1. The van der Waals surface area contributed by atoms with E-state index in [4.69, 9.17) is 10.6 Å². The maximum absolute atomic E-state index is 12.9. The first kappa shape index (κ1) is 26.4. The van der Waals surface area contributed by atoms with Crippen molar-refractivity contribution >= 4 is 50.0 Å². The largest absolute Gasteiger partial charge is 0.516 e. The Kier molecular flexibility index (Phi) is 8.35. The van der Waals surface area contributed by atoms with E-state index in [9.17, 15) is 26.4 Å². The number of azo groups is 1. The van der Waals surface area contributed by atoms with E-state index >= 15 is 0 Å². The van der Waals surface area contributed by atoms with Crippen molar-refractivity contribution in [1.82, 2.24) is 0 Å². The van der Waals surface area contributed by atoms with Gasteiger partial charge in [-0.25, -0.2) is 4.79 Å². The third kappa shape index (κ3) is 6.83. The summed E-state index contributed by atoms with van der Waals surface area (Å²) in [4.78, 5) is 13.6. The minimum absolute atomic E-state index is 0.100. The molecule has 0 aromatic heterocycles. The summed E-state index contributed by atoms with van der Waals surface area (Å²) in [6.07, 6.45) is 1.00. The van der Waals surface area contributed by atoms with E-state index in [1.54, 1.807) is 25.8 Å². The normalized spacial score (nSPS) is 15.0. The van der Waals surface area contributed by atoms with Gasteiger partial charge in [0.1, 0.15) is 5.69 Å². The zero-order chi connectivity index (χ0) is 25.0. The average molecular weight is 509 g/mol. The predicted molar refractivity (Wildman–Crippen MR) is 121 cm³/mol. The van der Waals surface area contributed by atoms with Gasteiger partial charge in [-0.05, 0) is 56.1 Å². The minimum Gasteiger partial charge on any atom is -0.459 e. The summed E-state index contributed by atoms with van der Waals surface area (Å²) in [6.45, 7) is 7.47. The number of nitrogens with zero attached hydrogens (tertiary/aromatic N) is 4. The molecule has 0 aliphatic carbocycles. The number of aryl methyl sites for hydroxylation is 1. The van der Waals surface area contributed by atoms with Crippen LogP contribution in [0, 0.1) is 0 Å². The predicted octanol–water partition coefficient (Wildman–Crippen LogP) is 3.84. The number of amidine groups is 1. The number of thioether (sulfide) groups is 1. The summed E-state index contributed by atoms with van der Waals surface area (Å²) in [6, 6.07) is 2.70. The molecule has 0 saturated carbocycles. The van der Waals surface area contributed by atoms with Crippen LogP contribution in [0.3, 0.4) is 0 Å². The first-order chi connectivity index (χ1) is 15.2. The molecule has 3 N–H and O–H groups in total. The molecule has 1 aliphatic rings. The molecule has 0 atom stereocenters. The van der Waals surface area contributed by atoms with Gasteiger partial charge < -0.3 is 15.5 Å². The SMILES string of the molecule is C=C(SC(=N\N)/N=N/c1cc2c(cc1NS(=O)(=O)C(F)(F)F)N(C)CCC2)C(=O)OC(C)C. The van der Waals surface area contributed by atoms with Crippen molar-refractivity contribution in [3.63, 3.8) is 0 Å². The summed E-state index contributed by atoms with van der Waals surface area (Å²) in [5, 5.41) is 10.7. The van der Waals surface area contributed by atoms with Gasteiger partial charge in [-0.3, -0.25) is 4.72 Å². The van der Waals surface area contributed by atoms with Crippen molar-refractivity contribution in [2.45, 2.75) is 38.3 Å². The van der Waals surface area contributed by atoms with Crippen molar-refractivity contribution in [2.75, 3.05) is 23.2 Å². The van der Waals surface area contributed by atoms with Gasteiger partial charge in [0, 0.05) is 19.3 Å². The first-order valence-corrected chi connectivity index (χ1v) is 11.8. The van der Waals surface area contributed by atoms with Crippen molar-refractivity contribution < 1.29 is 31.1 Å². The molecule has 0 bridgehead atoms. The highest BCUT2D eigenvalue weighted by atomic mass is 32.2. The van der Waals surface area contributed by atoms with E-state index in [1.165, 1.54) is 16.9 Å². The topological polar surface area (TPSA) is 139 Å². The zero-order valence-corrected chi connectivity index (χ0v) is 19.6. The van der Waals surface area contributed by atoms with Crippen LogP contribution in [-0.2, 0) is 26.0 Å². The van der Waals surface area contributed by atoms with Crippen molar-refractivity contribution in [3.05, 3.63) is 29.2 Å². The van der Waals surface area contributed by atoms with Crippen LogP contribution in [-0.4, -0.2) is 44.8 Å². The number of benzene rings is 1. The van der Waals surface area contributed by atoms with Crippen molar-refractivity contribution in [3.8, 4) is 0 Å². The number of halogens is 3. The van der Waals surface area contributed by atoms with Crippen LogP contribution in [0.1, 0.15) is 25.8 Å². The van der Waals surface area contributed by atoms with Gasteiger partial charge in [0.2, 0.25) is 5.17 Å². The van der Waals surface area contributed by atoms with Crippen LogP contribution >= 0.6 is 11.8 Å². The first-order valence-electron chi connectivity index (χ1n) is 9.49. The molecule has 1 aromatic rings. The maximum atomic E-state index is 12.9. The quantitative estimate of drug-likeness (QED) is 0.113. The van der Waals surface area contributed by atoms with Gasteiger partial charge in [-0.1, -0.05) is 6.58 Å². The lowest BCUT2D eigenvalue weighted by atomic mass is 10.0. The fourth-order valence-electron chi connectivity index (χ4n) is 2.77. The lowest BCUT2D eigenvalue weighted by Crippen LogP contribution is -2.30. The number of sulfonamides is 1. The third-order valence-electron chi connectivity index (χ3n) is 4.24. The Hall–Kier alpha value is -2.81. The number of fused-ring (bicyclic) bond motifs is 1. The molecule has 0 radical (unpaired) electrons. The number of esters is 1. The number of nitrogens with two attached hydrogens (primary N) is 1. The lowest BCUT2D eigenvalue weighted by Gasteiger charge is -2.28. The van der Waals surface area contributed by atoms with Crippen LogP contribution in [0.2, 0.25) is 0 Å². The van der Waals surface area contributed by atoms with E-state index in [2.05, 4.69) is 21.9 Å². The molecule has 1 heterocycles. The molecular formula is C18H23F3N6O4S2. The molecule has 182 valence electrons. The van der Waals surface area contributed by atoms with E-state index in [-0.39, 0.29) is 15.8 Å². The number of anilines is 2. The number of carbonyl (C=O) groups excluding carboxylic acids is 1. The Balaban J connectivity index is 2.40. The standard InChI is InChI=1S/C18H23F3N6O4S2/c1-10(2)31-16(28)11(3)32-17(23-22)25-24-13-8-12-6-5-7-27(4)15(12)9-14(13)26-33(29,30)18(19,20)21/h8-10,26H,3,5-7,22H2,1-2,4H3/b23-17-,25-24+. The third-order valence-corrected chi connectivity index (χ3v) is 6.12. The lowest BCUT2D eigenvalue weighted by molar-refractivity contribution is -0.141. The van der Waals surface area contributed by atoms with E-state index < -0.39 is 33.3 Å². The molecule has 33 heavy (non-hydrogen) atoms. The molecule has 0 amide bonds. The second-order valence-electron chi connectivity index (χ2n) is 7.17. The van der Waals surface area contributed by atoms with Gasteiger partial charge in [-0.2, -0.15) is 26.7 Å². The molecule has 1 aromatic carbocycles. The summed E-state index contributed by atoms with van der Waals surface area (Å²) in [5.41, 5.74) is -4.84. The number of alkyl halides is 3. The Labute approximate surface area is 193 Å². The van der Waals surface area contributed by atoms with Crippen LogP contribution in [0.25, 0.3) is 0 Å². The number of carbonyl (C=O) groups is 1. The van der Waals surface area contributed by atoms with Gasteiger partial charge in [0.25, 0.3) is 0 Å². The summed E-state index contributed by atoms with van der Waals surface area (Å²) in [7, 11) is -3.97. The smallest absolute Gasteiger partial charge is 0.459 e. The number of nitrogens with one attached hydrogen (secondary N) is 1. The highest BCUT2D eigenvalue weighted by Crippen LogP contribution is 2.38. The molecule has 1 aliphatic heterocycles. The zero-order valence-electron chi connectivity index (χ0n) is 18.0. The van der Waals surface area contributed by atoms with E-state index in [0.717, 1.165) is 12.0 Å². The highest BCUT2D eigenvalue weighted by molar-refractivity contribution is 8.17. The molecule has 2 rings (SSSR count). The summed E-state index contributed by atoms with van der Waals surface area (Å²) in [5.74, 6) is 4.53. The molecule has 10 nitrogen and oxygen atoms in total. The minimum atomic E-state index is -5.71. The molecule has 15 heteroatoms. The maximum Gasteiger partial charge on any atom is 0.516 e. The number of hydrogen-bond acceptors (Lipinski definition) is 9. The van der Waals surface area contributed by atoms with Gasteiger partial charge in [0.15, 0.2) is 0 Å². The van der Waals surface area contributed by atoms with Crippen molar-refractivity contribution in [1.29, 1.82) is 0 Å². The fourth-order valence-corrected chi connectivity index (χ4v) is 3.83. The Bertz CT molecular complexity index is 1090. The van der Waals surface area contributed by atoms with E-state index in [1.807, 2.05) is 0 Å². The summed E-state index contributed by atoms with van der Waals surface area (Å²) < 4.78 is 68.7. The van der Waals surface area contributed by atoms with Crippen LogP contribution < -0.4 is 15.5 Å². The highest BCUT2D eigenvalue weighted by Gasteiger charge is 2.46. The molecule has 0 spiro atoms. The number of hydrogen-bond donors (Lipinski definition) is 2. The molecule has 0 saturated heterocycles. The molecule has 0 unspecified atom stereocenters. The van der Waals surface area contributed by atoms with Gasteiger partial charge >= 0.3 is 21.5 Å². The second kappa shape index (κ2) is 10.4. The molecular weight excluding hydrogens is 485 g/mol. The number of rotatable bonds is 6.